The molecule has 0 saturated carbocycles. The molecule has 0 aliphatic heterocycles. The van der Waals surface area contributed by atoms with Crippen molar-refractivity contribution >= 4 is 39.9 Å². The van der Waals surface area contributed by atoms with Crippen molar-refractivity contribution in [1.82, 2.24) is 0 Å². The molecule has 0 unspecified atom stereocenters. The average molecular weight is 283 g/mol. The number of fused-ring (bicyclic) bond motifs is 1. The minimum Gasteiger partial charge on any atom is -0.421 e. The standard InChI is InChI=1S/C11H7ClN2O5/c1-5(15)13-8-2-6-3-9(14(17)18)7(12)4-10(6)19-11(8)16/h2-4H,1H3,(H,13,15). The highest BCUT2D eigenvalue weighted by atomic mass is 35.5. The van der Waals surface area contributed by atoms with E-state index in [1.54, 1.807) is 0 Å². The predicted molar refractivity (Wildman–Crippen MR) is 68.5 cm³/mol. The van der Waals surface area contributed by atoms with Gasteiger partial charge < -0.3 is 9.73 Å². The van der Waals surface area contributed by atoms with E-state index < -0.39 is 16.5 Å². The van der Waals surface area contributed by atoms with Crippen LogP contribution in [0.3, 0.4) is 0 Å². The van der Waals surface area contributed by atoms with Crippen LogP contribution in [0.2, 0.25) is 5.02 Å². The Morgan fingerprint density at radius 3 is 2.68 bits per heavy atom. The maximum Gasteiger partial charge on any atom is 0.360 e. The molecule has 0 spiro atoms. The monoisotopic (exact) mass is 282 g/mol. The summed E-state index contributed by atoms with van der Waals surface area (Å²) in [5.41, 5.74) is -1.05. The van der Waals surface area contributed by atoms with E-state index in [9.17, 15) is 19.7 Å². The molecule has 1 N–H and O–H groups in total. The molecule has 8 heteroatoms. The lowest BCUT2D eigenvalue weighted by molar-refractivity contribution is -0.384. The second-order valence-corrected chi connectivity index (χ2v) is 4.13. The van der Waals surface area contributed by atoms with E-state index in [0.717, 1.165) is 0 Å². The number of benzene rings is 1. The number of nitro benzene ring substituents is 1. The maximum atomic E-state index is 11.5. The van der Waals surface area contributed by atoms with Crippen LogP contribution in [0.1, 0.15) is 6.92 Å². The Balaban J connectivity index is 2.70. The highest BCUT2D eigenvalue weighted by Gasteiger charge is 2.16. The first-order chi connectivity index (χ1) is 8.88. The third-order valence-corrected chi connectivity index (χ3v) is 2.61. The summed E-state index contributed by atoms with van der Waals surface area (Å²) in [4.78, 5) is 32.6. The highest BCUT2D eigenvalue weighted by molar-refractivity contribution is 6.33. The van der Waals surface area contributed by atoms with Crippen LogP contribution in [0.25, 0.3) is 11.0 Å². The van der Waals surface area contributed by atoms with Crippen LogP contribution < -0.4 is 10.9 Å². The molecular formula is C11H7ClN2O5. The van der Waals surface area contributed by atoms with E-state index >= 15 is 0 Å². The molecule has 98 valence electrons. The maximum absolute atomic E-state index is 11.5. The Hall–Kier alpha value is -2.41. The Kier molecular flexibility index (Phi) is 3.22. The van der Waals surface area contributed by atoms with E-state index in [0.29, 0.717) is 5.39 Å². The van der Waals surface area contributed by atoms with Gasteiger partial charge in [0.2, 0.25) is 5.91 Å². The number of rotatable bonds is 2. The van der Waals surface area contributed by atoms with Crippen LogP contribution >= 0.6 is 11.6 Å². The van der Waals surface area contributed by atoms with Gasteiger partial charge in [0, 0.05) is 24.4 Å². The SMILES string of the molecule is CC(=O)Nc1cc2cc([N+](=O)[O-])c(Cl)cc2oc1=O. The van der Waals surface area contributed by atoms with Gasteiger partial charge in [0.05, 0.1) is 4.92 Å². The number of hydrogen-bond donors (Lipinski definition) is 1. The first-order valence-electron chi connectivity index (χ1n) is 5.08. The quantitative estimate of drug-likeness (QED) is 0.517. The molecule has 0 aliphatic carbocycles. The zero-order chi connectivity index (χ0) is 14.2. The molecule has 2 aromatic rings. The molecule has 1 aromatic heterocycles. The zero-order valence-corrected chi connectivity index (χ0v) is 10.4. The van der Waals surface area contributed by atoms with Gasteiger partial charge in [0.15, 0.2) is 0 Å². The Labute approximate surface area is 110 Å². The van der Waals surface area contributed by atoms with Gasteiger partial charge in [0.1, 0.15) is 16.3 Å². The molecule has 0 bridgehead atoms. The largest absolute Gasteiger partial charge is 0.421 e. The number of anilines is 1. The summed E-state index contributed by atoms with van der Waals surface area (Å²) < 4.78 is 4.93. The summed E-state index contributed by atoms with van der Waals surface area (Å²) in [5, 5.41) is 13.2. The molecule has 1 heterocycles. The fourth-order valence-corrected chi connectivity index (χ4v) is 1.77. The number of carbonyl (C=O) groups is 1. The van der Waals surface area contributed by atoms with E-state index in [2.05, 4.69) is 5.32 Å². The van der Waals surface area contributed by atoms with Crippen LogP contribution in [0.15, 0.2) is 27.4 Å². The number of nitrogens with zero attached hydrogens (tertiary/aromatic N) is 1. The smallest absolute Gasteiger partial charge is 0.360 e. The second kappa shape index (κ2) is 4.69. The summed E-state index contributed by atoms with van der Waals surface area (Å²) in [7, 11) is 0. The molecular weight excluding hydrogens is 276 g/mol. The summed E-state index contributed by atoms with van der Waals surface area (Å²) in [5.74, 6) is -0.449. The van der Waals surface area contributed by atoms with Crippen molar-refractivity contribution in [3.8, 4) is 0 Å². The van der Waals surface area contributed by atoms with Gasteiger partial charge in [-0.1, -0.05) is 11.6 Å². The number of hydrogen-bond acceptors (Lipinski definition) is 5. The molecule has 0 atom stereocenters. The molecule has 7 nitrogen and oxygen atoms in total. The summed E-state index contributed by atoms with van der Waals surface area (Å²) in [6.45, 7) is 1.23. The minimum atomic E-state index is -0.757. The average Bonchev–Trinajstić information content (AvgIpc) is 2.29. The highest BCUT2D eigenvalue weighted by Crippen LogP contribution is 2.30. The topological polar surface area (TPSA) is 102 Å². The lowest BCUT2D eigenvalue weighted by atomic mass is 10.2. The van der Waals surface area contributed by atoms with Gasteiger partial charge in [-0.25, -0.2) is 4.79 Å². The van der Waals surface area contributed by atoms with Gasteiger partial charge in [-0.15, -0.1) is 0 Å². The number of halogens is 1. The molecule has 0 saturated heterocycles. The number of amides is 1. The summed E-state index contributed by atoms with van der Waals surface area (Å²) in [6, 6.07) is 3.66. The van der Waals surface area contributed by atoms with E-state index in [1.807, 2.05) is 0 Å². The first-order valence-corrected chi connectivity index (χ1v) is 5.45. The van der Waals surface area contributed by atoms with Crippen LogP contribution in [-0.4, -0.2) is 10.8 Å². The van der Waals surface area contributed by atoms with Gasteiger partial charge in [-0.3, -0.25) is 14.9 Å². The van der Waals surface area contributed by atoms with Crippen LogP contribution in [-0.2, 0) is 4.79 Å². The van der Waals surface area contributed by atoms with Crippen molar-refractivity contribution in [2.75, 3.05) is 5.32 Å². The Morgan fingerprint density at radius 2 is 2.11 bits per heavy atom. The number of nitrogens with one attached hydrogen (secondary N) is 1. The van der Waals surface area contributed by atoms with Crippen molar-refractivity contribution in [2.45, 2.75) is 6.92 Å². The molecule has 0 radical (unpaired) electrons. The minimum absolute atomic E-state index is 0.0865. The molecule has 1 amide bonds. The Bertz CT molecular complexity index is 753. The van der Waals surface area contributed by atoms with Crippen molar-refractivity contribution in [2.24, 2.45) is 0 Å². The lowest BCUT2D eigenvalue weighted by Gasteiger charge is -2.03. The van der Waals surface area contributed by atoms with E-state index in [-0.39, 0.29) is 22.0 Å². The van der Waals surface area contributed by atoms with Crippen molar-refractivity contribution in [3.05, 3.63) is 43.8 Å². The fourth-order valence-electron chi connectivity index (χ4n) is 1.55. The van der Waals surface area contributed by atoms with Crippen LogP contribution in [0.5, 0.6) is 0 Å². The predicted octanol–water partition coefficient (Wildman–Crippen LogP) is 2.31. The normalized spacial score (nSPS) is 10.4. The van der Waals surface area contributed by atoms with Gasteiger partial charge >= 0.3 is 5.63 Å². The first kappa shape index (κ1) is 13.0. The Morgan fingerprint density at radius 1 is 1.42 bits per heavy atom. The second-order valence-electron chi connectivity index (χ2n) is 3.73. The molecule has 0 fully saturated rings. The zero-order valence-electron chi connectivity index (χ0n) is 9.60. The number of nitro groups is 1. The third kappa shape index (κ3) is 2.55. The third-order valence-electron chi connectivity index (χ3n) is 2.31. The van der Waals surface area contributed by atoms with Crippen molar-refractivity contribution < 1.29 is 14.1 Å². The summed E-state index contributed by atoms with van der Waals surface area (Å²) in [6.07, 6.45) is 0. The van der Waals surface area contributed by atoms with E-state index in [4.69, 9.17) is 16.0 Å². The van der Waals surface area contributed by atoms with E-state index in [1.165, 1.54) is 25.1 Å². The van der Waals surface area contributed by atoms with Crippen molar-refractivity contribution in [1.29, 1.82) is 0 Å². The lowest BCUT2D eigenvalue weighted by Crippen LogP contribution is -2.14. The molecule has 0 aliphatic rings. The molecule has 1 aromatic carbocycles. The van der Waals surface area contributed by atoms with Gasteiger partial charge in [-0.05, 0) is 6.07 Å². The van der Waals surface area contributed by atoms with Gasteiger partial charge in [0.25, 0.3) is 5.69 Å². The fraction of sp³-hybridized carbons (Fsp3) is 0.0909. The van der Waals surface area contributed by atoms with Gasteiger partial charge in [-0.2, -0.15) is 0 Å². The van der Waals surface area contributed by atoms with Crippen molar-refractivity contribution in [3.63, 3.8) is 0 Å². The molecule has 19 heavy (non-hydrogen) atoms. The number of carbonyl (C=O) groups excluding carboxylic acids is 1. The molecule has 2 rings (SSSR count). The van der Waals surface area contributed by atoms with Crippen LogP contribution in [0.4, 0.5) is 11.4 Å². The van der Waals surface area contributed by atoms with Crippen LogP contribution in [0, 0.1) is 10.1 Å². The summed E-state index contributed by atoms with van der Waals surface area (Å²) >= 11 is 5.70.